The van der Waals surface area contributed by atoms with Crippen LogP contribution < -0.4 is 0 Å². The van der Waals surface area contributed by atoms with Gasteiger partial charge in [0.2, 0.25) is 0 Å². The van der Waals surface area contributed by atoms with Crippen molar-refractivity contribution in [3.8, 4) is 0 Å². The molecule has 2 rings (SSSR count). The minimum atomic E-state index is -0.0774. The van der Waals surface area contributed by atoms with E-state index in [4.69, 9.17) is 4.74 Å². The van der Waals surface area contributed by atoms with E-state index in [2.05, 4.69) is 6.92 Å². The van der Waals surface area contributed by atoms with Gasteiger partial charge in [-0.1, -0.05) is 19.1 Å². The predicted octanol–water partition coefficient (Wildman–Crippen LogP) is 3.24. The molecule has 0 aromatic heterocycles. The van der Waals surface area contributed by atoms with Crippen molar-refractivity contribution < 1.29 is 9.13 Å². The van der Waals surface area contributed by atoms with Crippen LogP contribution in [0.3, 0.4) is 0 Å². The van der Waals surface area contributed by atoms with Gasteiger partial charge in [-0.05, 0) is 36.5 Å². The highest BCUT2D eigenvalue weighted by molar-refractivity contribution is 5.31. The highest BCUT2D eigenvalue weighted by atomic mass is 19.1. The van der Waals surface area contributed by atoms with E-state index in [1.165, 1.54) is 6.07 Å². The fourth-order valence-electron chi connectivity index (χ4n) is 2.04. The maximum absolute atomic E-state index is 13.5. The fourth-order valence-corrected chi connectivity index (χ4v) is 2.04. The number of benzene rings is 1. The molecule has 1 aliphatic rings. The zero-order valence-electron chi connectivity index (χ0n) is 8.42. The van der Waals surface area contributed by atoms with Gasteiger partial charge in [0, 0.05) is 6.61 Å². The summed E-state index contributed by atoms with van der Waals surface area (Å²) in [5, 5.41) is 0. The lowest BCUT2D eigenvalue weighted by Gasteiger charge is -2.15. The lowest BCUT2D eigenvalue weighted by atomic mass is 9.98. The van der Waals surface area contributed by atoms with Gasteiger partial charge >= 0.3 is 0 Å². The predicted molar refractivity (Wildman–Crippen MR) is 53.7 cm³/mol. The molecule has 0 radical (unpaired) electrons. The van der Waals surface area contributed by atoms with Crippen molar-refractivity contribution in [1.29, 1.82) is 0 Å². The quantitative estimate of drug-likeness (QED) is 0.666. The van der Waals surface area contributed by atoms with Crippen molar-refractivity contribution in [3.05, 3.63) is 35.1 Å². The summed E-state index contributed by atoms with van der Waals surface area (Å²) >= 11 is 0. The highest BCUT2D eigenvalue weighted by Gasteiger charge is 2.19. The first-order valence-corrected chi connectivity index (χ1v) is 5.21. The van der Waals surface area contributed by atoms with Gasteiger partial charge in [0.15, 0.2) is 0 Å². The largest absolute Gasteiger partial charge is 0.374 e. The third-order valence-electron chi connectivity index (χ3n) is 2.76. The molecular weight excluding hydrogens is 179 g/mol. The average molecular weight is 194 g/mol. The van der Waals surface area contributed by atoms with E-state index in [0.29, 0.717) is 0 Å². The minimum Gasteiger partial charge on any atom is -0.374 e. The second-order valence-electron chi connectivity index (χ2n) is 3.68. The number of fused-ring (bicyclic) bond motifs is 1. The molecular formula is C12H15FO. The van der Waals surface area contributed by atoms with E-state index < -0.39 is 0 Å². The first-order valence-electron chi connectivity index (χ1n) is 5.21. The Labute approximate surface area is 83.9 Å². The van der Waals surface area contributed by atoms with Crippen LogP contribution in [0, 0.1) is 5.82 Å². The van der Waals surface area contributed by atoms with Gasteiger partial charge in [-0.3, -0.25) is 0 Å². The highest BCUT2D eigenvalue weighted by Crippen LogP contribution is 2.29. The molecule has 0 saturated heterocycles. The summed E-state index contributed by atoms with van der Waals surface area (Å²) in [6, 6.07) is 5.29. The zero-order valence-corrected chi connectivity index (χ0v) is 8.42. The normalized spacial score (nSPS) is 21.4. The van der Waals surface area contributed by atoms with Crippen LogP contribution in [0.25, 0.3) is 0 Å². The molecule has 1 aromatic carbocycles. The Morgan fingerprint density at radius 2 is 2.36 bits per heavy atom. The number of ether oxygens (including phenoxy) is 1. The summed E-state index contributed by atoms with van der Waals surface area (Å²) in [5.74, 6) is -0.0774. The first kappa shape index (κ1) is 9.66. The van der Waals surface area contributed by atoms with Crippen LogP contribution in [0.2, 0.25) is 0 Å². The molecule has 1 nitrogen and oxygen atoms in total. The standard InChI is InChI=1S/C12H15FO/c1-2-12-10-5-3-7-11(13)9(10)6-4-8-14-12/h3,5,7,12H,2,4,6,8H2,1H3/t12-/m0/s1. The molecule has 0 amide bonds. The number of rotatable bonds is 1. The Morgan fingerprint density at radius 1 is 1.50 bits per heavy atom. The van der Waals surface area contributed by atoms with Crippen molar-refractivity contribution >= 4 is 0 Å². The summed E-state index contributed by atoms with van der Waals surface area (Å²) in [6.45, 7) is 2.82. The Balaban J connectivity index is 2.44. The topological polar surface area (TPSA) is 9.23 Å². The van der Waals surface area contributed by atoms with Gasteiger partial charge in [-0.25, -0.2) is 4.39 Å². The van der Waals surface area contributed by atoms with E-state index in [9.17, 15) is 4.39 Å². The molecule has 1 aromatic rings. The molecule has 0 unspecified atom stereocenters. The van der Waals surface area contributed by atoms with Gasteiger partial charge in [-0.15, -0.1) is 0 Å². The molecule has 0 bridgehead atoms. The molecule has 0 saturated carbocycles. The molecule has 0 fully saturated rings. The summed E-state index contributed by atoms with van der Waals surface area (Å²) in [7, 11) is 0. The van der Waals surface area contributed by atoms with E-state index >= 15 is 0 Å². The number of hydrogen-bond acceptors (Lipinski definition) is 1. The smallest absolute Gasteiger partial charge is 0.126 e. The van der Waals surface area contributed by atoms with Crippen LogP contribution in [0.5, 0.6) is 0 Å². The lowest BCUT2D eigenvalue weighted by molar-refractivity contribution is 0.0540. The molecule has 2 heteroatoms. The molecule has 1 aliphatic heterocycles. The van der Waals surface area contributed by atoms with Crippen LogP contribution in [0.1, 0.15) is 37.0 Å². The fraction of sp³-hybridized carbons (Fsp3) is 0.500. The second kappa shape index (κ2) is 4.09. The summed E-state index contributed by atoms with van der Waals surface area (Å²) in [4.78, 5) is 0. The van der Waals surface area contributed by atoms with Gasteiger partial charge in [0.1, 0.15) is 5.82 Å². The second-order valence-corrected chi connectivity index (χ2v) is 3.68. The molecule has 14 heavy (non-hydrogen) atoms. The van der Waals surface area contributed by atoms with Crippen LogP contribution in [0.4, 0.5) is 4.39 Å². The van der Waals surface area contributed by atoms with Crippen molar-refractivity contribution in [1.82, 2.24) is 0 Å². The zero-order chi connectivity index (χ0) is 9.97. The molecule has 0 aliphatic carbocycles. The lowest BCUT2D eigenvalue weighted by Crippen LogP contribution is -2.03. The summed E-state index contributed by atoms with van der Waals surface area (Å²) < 4.78 is 19.2. The van der Waals surface area contributed by atoms with Gasteiger partial charge in [-0.2, -0.15) is 0 Å². The molecule has 0 N–H and O–H groups in total. The summed E-state index contributed by atoms with van der Waals surface area (Å²) in [5.41, 5.74) is 1.90. The van der Waals surface area contributed by atoms with Gasteiger partial charge < -0.3 is 4.74 Å². The Kier molecular flexibility index (Phi) is 2.82. The van der Waals surface area contributed by atoms with Crippen LogP contribution in [-0.2, 0) is 11.2 Å². The Hall–Kier alpha value is -0.890. The van der Waals surface area contributed by atoms with E-state index in [1.807, 2.05) is 6.07 Å². The maximum Gasteiger partial charge on any atom is 0.126 e. The number of hydrogen-bond donors (Lipinski definition) is 0. The molecule has 0 spiro atoms. The first-order chi connectivity index (χ1) is 6.83. The third kappa shape index (κ3) is 1.67. The van der Waals surface area contributed by atoms with Crippen LogP contribution in [0.15, 0.2) is 18.2 Å². The van der Waals surface area contributed by atoms with Gasteiger partial charge in [0.05, 0.1) is 6.10 Å². The minimum absolute atomic E-state index is 0.0774. The van der Waals surface area contributed by atoms with Crippen LogP contribution >= 0.6 is 0 Å². The molecule has 1 atom stereocenters. The Morgan fingerprint density at radius 3 is 3.14 bits per heavy atom. The van der Waals surface area contributed by atoms with Crippen molar-refractivity contribution in [3.63, 3.8) is 0 Å². The van der Waals surface area contributed by atoms with Crippen molar-refractivity contribution in [2.24, 2.45) is 0 Å². The molecule has 1 heterocycles. The van der Waals surface area contributed by atoms with E-state index in [0.717, 1.165) is 37.0 Å². The van der Waals surface area contributed by atoms with Crippen LogP contribution in [-0.4, -0.2) is 6.61 Å². The SMILES string of the molecule is CC[C@@H]1OCCCc2c(F)cccc21. The number of halogens is 1. The van der Waals surface area contributed by atoms with E-state index in [-0.39, 0.29) is 11.9 Å². The monoisotopic (exact) mass is 194 g/mol. The third-order valence-corrected chi connectivity index (χ3v) is 2.76. The summed E-state index contributed by atoms with van der Waals surface area (Å²) in [6.07, 6.45) is 2.72. The average Bonchev–Trinajstić information content (AvgIpc) is 2.40. The van der Waals surface area contributed by atoms with Crippen molar-refractivity contribution in [2.75, 3.05) is 6.61 Å². The van der Waals surface area contributed by atoms with Crippen molar-refractivity contribution in [2.45, 2.75) is 32.3 Å². The molecule has 76 valence electrons. The Bertz CT molecular complexity index is 322. The van der Waals surface area contributed by atoms with Gasteiger partial charge in [0.25, 0.3) is 0 Å². The van der Waals surface area contributed by atoms with E-state index in [1.54, 1.807) is 6.07 Å². The maximum atomic E-state index is 13.5.